The molecule has 1 heterocycles. The molecule has 2 bridgehead atoms. The van der Waals surface area contributed by atoms with Crippen LogP contribution in [0.4, 0.5) is 0 Å². The lowest BCUT2D eigenvalue weighted by Crippen LogP contribution is -2.44. The molecule has 3 aliphatic rings. The lowest BCUT2D eigenvalue weighted by atomic mass is 9.88. The zero-order valence-electron chi connectivity index (χ0n) is 13.2. The highest BCUT2D eigenvalue weighted by Gasteiger charge is 2.63. The van der Waals surface area contributed by atoms with Gasteiger partial charge >= 0.3 is 11.9 Å². The predicted octanol–water partition coefficient (Wildman–Crippen LogP) is 1.60. The van der Waals surface area contributed by atoms with Crippen LogP contribution >= 0.6 is 0 Å². The van der Waals surface area contributed by atoms with E-state index < -0.39 is 0 Å². The summed E-state index contributed by atoms with van der Waals surface area (Å²) in [6.45, 7) is 8.61. The van der Waals surface area contributed by atoms with Crippen LogP contribution in [-0.2, 0) is 19.1 Å². The number of rotatable bonds is 5. The Hall–Kier alpha value is -1.10. The van der Waals surface area contributed by atoms with Crippen LogP contribution < -0.4 is 0 Å². The maximum atomic E-state index is 12.2. The van der Waals surface area contributed by atoms with Crippen LogP contribution in [0.5, 0.6) is 0 Å². The molecule has 2 aliphatic carbocycles. The van der Waals surface area contributed by atoms with Gasteiger partial charge in [0.15, 0.2) is 0 Å². The first-order chi connectivity index (χ1) is 9.88. The van der Waals surface area contributed by atoms with E-state index in [0.29, 0.717) is 24.5 Å². The SMILES string of the molecule is CC(C)N(CC(=O)OC1C2CC3C(=O)OC1C3C2)C(C)C. The Balaban J connectivity index is 1.60. The van der Waals surface area contributed by atoms with Crippen LogP contribution in [0.3, 0.4) is 0 Å². The second-order valence-electron chi connectivity index (χ2n) is 7.22. The highest BCUT2D eigenvalue weighted by Crippen LogP contribution is 2.55. The summed E-state index contributed by atoms with van der Waals surface area (Å²) in [6, 6.07) is 0.595. The zero-order chi connectivity index (χ0) is 15.3. The largest absolute Gasteiger partial charge is 0.458 e. The van der Waals surface area contributed by atoms with Crippen molar-refractivity contribution in [2.24, 2.45) is 17.8 Å². The molecule has 118 valence electrons. The fourth-order valence-corrected chi connectivity index (χ4v) is 4.36. The second-order valence-corrected chi connectivity index (χ2v) is 7.22. The lowest BCUT2D eigenvalue weighted by molar-refractivity contribution is -0.163. The van der Waals surface area contributed by atoms with E-state index in [1.165, 1.54) is 0 Å². The van der Waals surface area contributed by atoms with Crippen molar-refractivity contribution in [3.63, 3.8) is 0 Å². The molecule has 0 aromatic carbocycles. The molecule has 2 saturated carbocycles. The van der Waals surface area contributed by atoms with Crippen molar-refractivity contribution in [3.8, 4) is 0 Å². The Morgan fingerprint density at radius 1 is 1.29 bits per heavy atom. The van der Waals surface area contributed by atoms with E-state index >= 15 is 0 Å². The van der Waals surface area contributed by atoms with Crippen LogP contribution in [-0.4, -0.2) is 47.7 Å². The van der Waals surface area contributed by atoms with Crippen LogP contribution in [0, 0.1) is 17.8 Å². The van der Waals surface area contributed by atoms with Crippen LogP contribution in [0.25, 0.3) is 0 Å². The van der Waals surface area contributed by atoms with Gasteiger partial charge < -0.3 is 9.47 Å². The van der Waals surface area contributed by atoms with E-state index in [0.717, 1.165) is 12.8 Å². The average Bonchev–Trinajstić information content (AvgIpc) is 2.99. The lowest BCUT2D eigenvalue weighted by Gasteiger charge is -2.31. The first-order valence-corrected chi connectivity index (χ1v) is 8.04. The number of carbonyl (C=O) groups excluding carboxylic acids is 2. The van der Waals surface area contributed by atoms with Crippen LogP contribution in [0.1, 0.15) is 40.5 Å². The Morgan fingerprint density at radius 3 is 2.57 bits per heavy atom. The third-order valence-electron chi connectivity index (χ3n) is 5.32. The monoisotopic (exact) mass is 295 g/mol. The molecule has 5 unspecified atom stereocenters. The molecule has 0 N–H and O–H groups in total. The number of ether oxygens (including phenoxy) is 2. The van der Waals surface area contributed by atoms with Crippen molar-refractivity contribution in [3.05, 3.63) is 0 Å². The number of esters is 2. The first-order valence-electron chi connectivity index (χ1n) is 8.04. The van der Waals surface area contributed by atoms with Gasteiger partial charge in [-0.15, -0.1) is 0 Å². The van der Waals surface area contributed by atoms with Gasteiger partial charge in [-0.2, -0.15) is 0 Å². The molecular weight excluding hydrogens is 270 g/mol. The minimum absolute atomic E-state index is 0.0674. The summed E-state index contributed by atoms with van der Waals surface area (Å²) in [6.07, 6.45) is 1.40. The Kier molecular flexibility index (Phi) is 3.72. The molecule has 0 aromatic rings. The van der Waals surface area contributed by atoms with Crippen molar-refractivity contribution in [2.45, 2.75) is 64.8 Å². The maximum Gasteiger partial charge on any atom is 0.320 e. The van der Waals surface area contributed by atoms with E-state index in [9.17, 15) is 9.59 Å². The number of fused-ring (bicyclic) bond motifs is 1. The molecule has 0 amide bonds. The molecule has 3 fully saturated rings. The van der Waals surface area contributed by atoms with Crippen molar-refractivity contribution in [1.29, 1.82) is 0 Å². The number of hydrogen-bond donors (Lipinski definition) is 0. The third kappa shape index (κ3) is 2.45. The third-order valence-corrected chi connectivity index (χ3v) is 5.32. The molecular formula is C16H25NO4. The van der Waals surface area contributed by atoms with Gasteiger partial charge in [0, 0.05) is 23.9 Å². The van der Waals surface area contributed by atoms with Gasteiger partial charge in [0.05, 0.1) is 12.5 Å². The standard InChI is InChI=1S/C16H25NO4/c1-8(2)17(9(3)4)7-13(18)20-14-10-5-11-12(6-10)16(19)21-15(11)14/h8-12,14-15H,5-7H2,1-4H3. The Bertz CT molecular complexity index is 440. The zero-order valence-corrected chi connectivity index (χ0v) is 13.2. The summed E-state index contributed by atoms with van der Waals surface area (Å²) in [5.74, 6) is 0.378. The number of nitrogens with zero attached hydrogens (tertiary/aromatic N) is 1. The number of carbonyl (C=O) groups is 2. The second kappa shape index (κ2) is 5.27. The van der Waals surface area contributed by atoms with Crippen molar-refractivity contribution in [1.82, 2.24) is 4.90 Å². The molecule has 0 aromatic heterocycles. The molecule has 5 heteroatoms. The molecule has 21 heavy (non-hydrogen) atoms. The van der Waals surface area contributed by atoms with Gasteiger partial charge in [0.25, 0.3) is 0 Å². The number of hydrogen-bond acceptors (Lipinski definition) is 5. The van der Waals surface area contributed by atoms with Crippen molar-refractivity contribution >= 4 is 11.9 Å². The van der Waals surface area contributed by atoms with E-state index in [-0.39, 0.29) is 36.0 Å². The summed E-state index contributed by atoms with van der Waals surface area (Å²) < 4.78 is 11.1. The van der Waals surface area contributed by atoms with E-state index in [1.807, 2.05) is 0 Å². The van der Waals surface area contributed by atoms with Crippen LogP contribution in [0.2, 0.25) is 0 Å². The van der Waals surface area contributed by atoms with Gasteiger partial charge in [-0.3, -0.25) is 14.5 Å². The van der Waals surface area contributed by atoms with E-state index in [4.69, 9.17) is 9.47 Å². The summed E-state index contributed by atoms with van der Waals surface area (Å²) in [5.41, 5.74) is 0. The minimum atomic E-state index is -0.216. The summed E-state index contributed by atoms with van der Waals surface area (Å²) in [7, 11) is 0. The normalized spacial score (nSPS) is 36.9. The van der Waals surface area contributed by atoms with Gasteiger partial charge in [-0.25, -0.2) is 0 Å². The van der Waals surface area contributed by atoms with Crippen LogP contribution in [0.15, 0.2) is 0 Å². The molecule has 5 nitrogen and oxygen atoms in total. The van der Waals surface area contributed by atoms with E-state index in [1.54, 1.807) is 0 Å². The fourth-order valence-electron chi connectivity index (χ4n) is 4.36. The fraction of sp³-hybridized carbons (Fsp3) is 0.875. The molecule has 1 saturated heterocycles. The highest BCUT2D eigenvalue weighted by atomic mass is 16.6. The molecule has 5 atom stereocenters. The molecule has 0 spiro atoms. The summed E-state index contributed by atoms with van der Waals surface area (Å²) >= 11 is 0. The Morgan fingerprint density at radius 2 is 1.95 bits per heavy atom. The predicted molar refractivity (Wildman–Crippen MR) is 76.4 cm³/mol. The summed E-state index contributed by atoms with van der Waals surface area (Å²) in [5, 5.41) is 0. The average molecular weight is 295 g/mol. The Labute approximate surface area is 126 Å². The smallest absolute Gasteiger partial charge is 0.320 e. The summed E-state index contributed by atoms with van der Waals surface area (Å²) in [4.78, 5) is 26.1. The maximum absolute atomic E-state index is 12.2. The molecule has 1 aliphatic heterocycles. The van der Waals surface area contributed by atoms with Gasteiger partial charge in [-0.05, 0) is 40.5 Å². The van der Waals surface area contributed by atoms with E-state index in [2.05, 4.69) is 32.6 Å². The topological polar surface area (TPSA) is 55.8 Å². The highest BCUT2D eigenvalue weighted by molar-refractivity contribution is 5.77. The van der Waals surface area contributed by atoms with Gasteiger partial charge in [0.1, 0.15) is 12.2 Å². The van der Waals surface area contributed by atoms with Gasteiger partial charge in [-0.1, -0.05) is 0 Å². The first kappa shape index (κ1) is 14.8. The molecule has 3 rings (SSSR count). The van der Waals surface area contributed by atoms with Gasteiger partial charge in [0.2, 0.25) is 0 Å². The minimum Gasteiger partial charge on any atom is -0.458 e. The van der Waals surface area contributed by atoms with Crippen molar-refractivity contribution < 1.29 is 19.1 Å². The van der Waals surface area contributed by atoms with Crippen molar-refractivity contribution in [2.75, 3.05) is 6.54 Å². The quantitative estimate of drug-likeness (QED) is 0.721. The molecule has 0 radical (unpaired) electrons.